The van der Waals surface area contributed by atoms with E-state index in [9.17, 15) is 9.59 Å². The number of hydrogen-bond donors (Lipinski definition) is 2. The quantitative estimate of drug-likeness (QED) is 0.756. The van der Waals surface area contributed by atoms with Gasteiger partial charge >= 0.3 is 12.1 Å². The van der Waals surface area contributed by atoms with Gasteiger partial charge in [0.15, 0.2) is 0 Å². The van der Waals surface area contributed by atoms with Crippen LogP contribution in [0.25, 0.3) is 0 Å². The van der Waals surface area contributed by atoms with Crippen molar-refractivity contribution < 1.29 is 19.4 Å². The van der Waals surface area contributed by atoms with Gasteiger partial charge in [-0.05, 0) is 39.5 Å². The summed E-state index contributed by atoms with van der Waals surface area (Å²) in [5.41, 5.74) is -1.75. The first-order chi connectivity index (χ1) is 7.17. The van der Waals surface area contributed by atoms with Crippen molar-refractivity contribution in [3.05, 3.63) is 0 Å². The predicted molar refractivity (Wildman–Crippen MR) is 58.1 cm³/mol. The van der Waals surface area contributed by atoms with Gasteiger partial charge < -0.3 is 15.2 Å². The Labute approximate surface area is 95.2 Å². The van der Waals surface area contributed by atoms with Crippen LogP contribution in [0.15, 0.2) is 0 Å². The molecule has 1 aliphatic rings. The molecule has 16 heavy (non-hydrogen) atoms. The van der Waals surface area contributed by atoms with Crippen LogP contribution in [0.1, 0.15) is 40.5 Å². The summed E-state index contributed by atoms with van der Waals surface area (Å²) in [7, 11) is 0. The number of carboxylic acid groups (broad SMARTS) is 1. The topological polar surface area (TPSA) is 75.6 Å². The van der Waals surface area contributed by atoms with Crippen LogP contribution in [0.5, 0.6) is 0 Å². The van der Waals surface area contributed by atoms with Gasteiger partial charge in [0, 0.05) is 0 Å². The molecule has 1 rings (SSSR count). The minimum absolute atomic E-state index is 0.0579. The normalized spacial score (nSPS) is 29.1. The van der Waals surface area contributed by atoms with Gasteiger partial charge in [-0.1, -0.05) is 6.92 Å². The zero-order chi connectivity index (χ0) is 12.6. The van der Waals surface area contributed by atoms with Crippen molar-refractivity contribution in [3.8, 4) is 0 Å². The Morgan fingerprint density at radius 2 is 2.00 bits per heavy atom. The minimum atomic E-state index is -1.14. The van der Waals surface area contributed by atoms with E-state index in [1.54, 1.807) is 20.8 Å². The summed E-state index contributed by atoms with van der Waals surface area (Å²) in [5, 5.41) is 11.6. The van der Waals surface area contributed by atoms with Crippen molar-refractivity contribution in [3.63, 3.8) is 0 Å². The second kappa shape index (κ2) is 3.96. The highest BCUT2D eigenvalue weighted by Gasteiger charge is 2.52. The zero-order valence-electron chi connectivity index (χ0n) is 10.2. The number of carboxylic acids is 1. The smallest absolute Gasteiger partial charge is 0.408 e. The van der Waals surface area contributed by atoms with E-state index >= 15 is 0 Å². The molecule has 1 amide bonds. The Morgan fingerprint density at radius 1 is 1.44 bits per heavy atom. The summed E-state index contributed by atoms with van der Waals surface area (Å²) in [4.78, 5) is 22.7. The molecule has 1 fully saturated rings. The zero-order valence-corrected chi connectivity index (χ0v) is 10.2. The second-order valence-corrected chi connectivity index (χ2v) is 5.34. The van der Waals surface area contributed by atoms with Crippen LogP contribution in [-0.2, 0) is 9.53 Å². The number of nitrogens with one attached hydrogen (secondary N) is 1. The van der Waals surface area contributed by atoms with E-state index < -0.39 is 23.2 Å². The second-order valence-electron chi connectivity index (χ2n) is 5.34. The van der Waals surface area contributed by atoms with Crippen LogP contribution in [0.2, 0.25) is 0 Å². The number of alkyl carbamates (subject to hydrolysis) is 1. The summed E-state index contributed by atoms with van der Waals surface area (Å²) in [6, 6.07) is 0. The van der Waals surface area contributed by atoms with E-state index in [-0.39, 0.29) is 5.92 Å². The lowest BCUT2D eigenvalue weighted by molar-refractivity contribution is -0.152. The van der Waals surface area contributed by atoms with Crippen molar-refractivity contribution in [2.45, 2.75) is 51.7 Å². The van der Waals surface area contributed by atoms with Gasteiger partial charge in [0.25, 0.3) is 0 Å². The number of rotatable bonds is 2. The minimum Gasteiger partial charge on any atom is -0.479 e. The van der Waals surface area contributed by atoms with E-state index in [2.05, 4.69) is 5.32 Å². The number of ether oxygens (including phenoxy) is 1. The molecule has 0 aliphatic heterocycles. The molecule has 0 heterocycles. The van der Waals surface area contributed by atoms with Gasteiger partial charge in [0.2, 0.25) is 0 Å². The van der Waals surface area contributed by atoms with Gasteiger partial charge in [0.05, 0.1) is 0 Å². The number of carbonyl (C=O) groups is 2. The van der Waals surface area contributed by atoms with Crippen molar-refractivity contribution in [1.82, 2.24) is 5.32 Å². The molecule has 0 aromatic carbocycles. The summed E-state index contributed by atoms with van der Waals surface area (Å²) >= 11 is 0. The maximum atomic E-state index is 11.5. The fourth-order valence-corrected chi connectivity index (χ4v) is 1.76. The maximum absolute atomic E-state index is 11.5. The largest absolute Gasteiger partial charge is 0.479 e. The van der Waals surface area contributed by atoms with Gasteiger partial charge in [-0.25, -0.2) is 9.59 Å². The molecular weight excluding hydrogens is 210 g/mol. The predicted octanol–water partition coefficient (Wildman–Crippen LogP) is 1.76. The lowest BCUT2D eigenvalue weighted by Crippen LogP contribution is -2.64. The molecule has 2 atom stereocenters. The summed E-state index contributed by atoms with van der Waals surface area (Å²) in [5.74, 6) is -1.05. The van der Waals surface area contributed by atoms with Crippen LogP contribution in [-0.4, -0.2) is 28.3 Å². The number of aliphatic carboxylic acids is 1. The molecule has 0 spiro atoms. The fourth-order valence-electron chi connectivity index (χ4n) is 1.76. The highest BCUT2D eigenvalue weighted by atomic mass is 16.6. The standard InChI is InChI=1S/C11H19NO4/c1-7-5-6-11(7,8(13)14)12-9(15)16-10(2,3)4/h7H,5-6H2,1-4H3,(H,12,15)(H,13,14)/t7-,11-/m1/s1. The number of carbonyl (C=O) groups excluding carboxylic acids is 1. The Balaban J connectivity index is 2.65. The molecule has 5 heteroatoms. The summed E-state index contributed by atoms with van der Waals surface area (Å²) in [6.45, 7) is 7.04. The molecule has 0 unspecified atom stereocenters. The van der Waals surface area contributed by atoms with Crippen LogP contribution >= 0.6 is 0 Å². The Bertz CT molecular complexity index is 308. The number of hydrogen-bond acceptors (Lipinski definition) is 3. The third kappa shape index (κ3) is 2.46. The first kappa shape index (κ1) is 12.8. The van der Waals surface area contributed by atoms with Gasteiger partial charge in [-0.15, -0.1) is 0 Å². The van der Waals surface area contributed by atoms with Crippen LogP contribution in [0.4, 0.5) is 4.79 Å². The van der Waals surface area contributed by atoms with Crippen LogP contribution in [0, 0.1) is 5.92 Å². The molecule has 1 aliphatic carbocycles. The van der Waals surface area contributed by atoms with Crippen LogP contribution in [0.3, 0.4) is 0 Å². The average molecular weight is 229 g/mol. The molecule has 2 N–H and O–H groups in total. The highest BCUT2D eigenvalue weighted by Crippen LogP contribution is 2.38. The van der Waals surface area contributed by atoms with E-state index in [0.717, 1.165) is 6.42 Å². The van der Waals surface area contributed by atoms with Gasteiger partial charge in [-0.3, -0.25) is 0 Å². The first-order valence-corrected chi connectivity index (χ1v) is 5.42. The Hall–Kier alpha value is -1.26. The first-order valence-electron chi connectivity index (χ1n) is 5.42. The molecule has 92 valence electrons. The van der Waals surface area contributed by atoms with E-state index in [1.807, 2.05) is 6.92 Å². The molecule has 0 radical (unpaired) electrons. The lowest BCUT2D eigenvalue weighted by Gasteiger charge is -2.44. The SMILES string of the molecule is C[C@@H]1CC[C@]1(NC(=O)OC(C)(C)C)C(=O)O. The van der Waals surface area contributed by atoms with Gasteiger partial charge in [-0.2, -0.15) is 0 Å². The van der Waals surface area contributed by atoms with Crippen LogP contribution < -0.4 is 5.32 Å². The molecule has 0 bridgehead atoms. The lowest BCUT2D eigenvalue weighted by atomic mass is 9.67. The third-order valence-corrected chi connectivity index (χ3v) is 2.92. The molecule has 1 saturated carbocycles. The third-order valence-electron chi connectivity index (χ3n) is 2.92. The highest BCUT2D eigenvalue weighted by molar-refractivity contribution is 5.85. The fraction of sp³-hybridized carbons (Fsp3) is 0.818. The van der Waals surface area contributed by atoms with Crippen molar-refractivity contribution in [1.29, 1.82) is 0 Å². The molecule has 0 aromatic heterocycles. The summed E-state index contributed by atoms with van der Waals surface area (Å²) < 4.78 is 5.05. The molecule has 0 saturated heterocycles. The Morgan fingerprint density at radius 3 is 2.25 bits per heavy atom. The molecular formula is C11H19NO4. The molecule has 0 aromatic rings. The van der Waals surface area contributed by atoms with Gasteiger partial charge in [0.1, 0.15) is 11.1 Å². The average Bonchev–Trinajstić information content (AvgIpc) is 2.08. The summed E-state index contributed by atoms with van der Waals surface area (Å²) in [6.07, 6.45) is 0.603. The Kier molecular flexibility index (Phi) is 3.17. The maximum Gasteiger partial charge on any atom is 0.408 e. The van der Waals surface area contributed by atoms with E-state index in [0.29, 0.717) is 6.42 Å². The van der Waals surface area contributed by atoms with Crippen molar-refractivity contribution in [2.24, 2.45) is 5.92 Å². The van der Waals surface area contributed by atoms with E-state index in [1.165, 1.54) is 0 Å². The van der Waals surface area contributed by atoms with E-state index in [4.69, 9.17) is 9.84 Å². The molecule has 5 nitrogen and oxygen atoms in total. The van der Waals surface area contributed by atoms with Crippen molar-refractivity contribution >= 4 is 12.1 Å². The number of amides is 1. The van der Waals surface area contributed by atoms with Crippen molar-refractivity contribution in [2.75, 3.05) is 0 Å². The monoisotopic (exact) mass is 229 g/mol.